The van der Waals surface area contributed by atoms with Gasteiger partial charge in [-0.25, -0.2) is 4.98 Å². The summed E-state index contributed by atoms with van der Waals surface area (Å²) in [5.41, 5.74) is 0.897. The molecule has 2 aromatic rings. The molecule has 2 aromatic heterocycles. The van der Waals surface area contributed by atoms with Gasteiger partial charge in [-0.1, -0.05) is 6.92 Å². The maximum Gasteiger partial charge on any atom is 1.00 e. The van der Waals surface area contributed by atoms with E-state index < -0.39 is 0 Å². The molecular formula is C12H16KN3O. The second kappa shape index (κ2) is 8.23. The summed E-state index contributed by atoms with van der Waals surface area (Å²) in [6.07, 6.45) is 4.58. The molecule has 0 spiro atoms. The number of aromatic nitrogens is 2. The number of nitrogens with one attached hydrogen (secondary N) is 1. The van der Waals surface area contributed by atoms with Gasteiger partial charge in [0.1, 0.15) is 11.4 Å². The van der Waals surface area contributed by atoms with Crippen LogP contribution in [0.15, 0.2) is 24.5 Å². The zero-order valence-electron chi connectivity index (χ0n) is 10.4. The molecule has 2 rings (SSSR count). The molecule has 4 nitrogen and oxygen atoms in total. The molecule has 0 amide bonds. The van der Waals surface area contributed by atoms with Gasteiger partial charge in [-0.05, 0) is 18.6 Å². The van der Waals surface area contributed by atoms with Crippen molar-refractivity contribution in [2.75, 3.05) is 19.7 Å². The van der Waals surface area contributed by atoms with Gasteiger partial charge in [-0.15, -0.1) is 6.54 Å². The number of nitrogens with zero attached hydrogens (tertiary/aromatic N) is 2. The topological polar surface area (TPSA) is 52.0 Å². The summed E-state index contributed by atoms with van der Waals surface area (Å²) in [6.45, 7) is 4.50. The molecule has 17 heavy (non-hydrogen) atoms. The first-order chi connectivity index (χ1) is 7.90. The first-order valence-electron chi connectivity index (χ1n) is 5.59. The Kier molecular flexibility index (Phi) is 7.34. The summed E-state index contributed by atoms with van der Waals surface area (Å²) in [5, 5.41) is 5.32. The van der Waals surface area contributed by atoms with Crippen molar-refractivity contribution >= 4 is 11.0 Å². The van der Waals surface area contributed by atoms with E-state index in [-0.39, 0.29) is 51.4 Å². The van der Waals surface area contributed by atoms with E-state index in [0.29, 0.717) is 6.61 Å². The number of hydrogen-bond donors (Lipinski definition) is 1. The van der Waals surface area contributed by atoms with E-state index in [9.17, 15) is 0 Å². The molecule has 0 fully saturated rings. The fraction of sp³-hybridized carbons (Fsp3) is 0.417. The minimum atomic E-state index is 0. The summed E-state index contributed by atoms with van der Waals surface area (Å²) in [4.78, 5) is 7.30. The van der Waals surface area contributed by atoms with E-state index in [0.717, 1.165) is 36.3 Å². The zero-order chi connectivity index (χ0) is 11.2. The quantitative estimate of drug-likeness (QED) is 0.572. The molecule has 0 aliphatic carbocycles. The number of fused-ring (bicyclic) bond motifs is 1. The first-order valence-corrected chi connectivity index (χ1v) is 5.59. The van der Waals surface area contributed by atoms with Crippen LogP contribution in [0.3, 0.4) is 0 Å². The molecule has 0 bridgehead atoms. The van der Waals surface area contributed by atoms with Crippen LogP contribution >= 0.6 is 0 Å². The minimum absolute atomic E-state index is 0. The Hall–Kier alpha value is 0.0864. The van der Waals surface area contributed by atoms with Crippen molar-refractivity contribution in [3.63, 3.8) is 0 Å². The fourth-order valence-corrected chi connectivity index (χ4v) is 1.52. The molecule has 86 valence electrons. The van der Waals surface area contributed by atoms with E-state index in [1.165, 1.54) is 0 Å². The fourth-order valence-electron chi connectivity index (χ4n) is 1.52. The van der Waals surface area contributed by atoms with Gasteiger partial charge >= 0.3 is 51.4 Å². The average molecular weight is 257 g/mol. The predicted molar refractivity (Wildman–Crippen MR) is 65.0 cm³/mol. The van der Waals surface area contributed by atoms with Gasteiger partial charge in [0, 0.05) is 11.6 Å². The molecule has 0 aliphatic heterocycles. The largest absolute Gasteiger partial charge is 1.00 e. The Labute approximate surface area is 144 Å². The normalized spacial score (nSPS) is 10.2. The molecule has 2 heterocycles. The molecule has 0 aliphatic rings. The van der Waals surface area contributed by atoms with Crippen LogP contribution in [0.2, 0.25) is 0 Å². The third kappa shape index (κ3) is 4.69. The monoisotopic (exact) mass is 257 g/mol. The van der Waals surface area contributed by atoms with E-state index >= 15 is 0 Å². The number of rotatable bonds is 6. The molecule has 1 N–H and O–H groups in total. The van der Waals surface area contributed by atoms with Crippen molar-refractivity contribution in [3.05, 3.63) is 29.8 Å². The van der Waals surface area contributed by atoms with Crippen molar-refractivity contribution < 1.29 is 56.1 Å². The summed E-state index contributed by atoms with van der Waals surface area (Å²) >= 11 is 0. The molecule has 0 atom stereocenters. The summed E-state index contributed by atoms with van der Waals surface area (Å²) in [7, 11) is 0. The van der Waals surface area contributed by atoms with Crippen molar-refractivity contribution in [1.29, 1.82) is 0 Å². The first kappa shape index (κ1) is 15.1. The van der Waals surface area contributed by atoms with E-state index in [4.69, 9.17) is 4.74 Å². The van der Waals surface area contributed by atoms with Gasteiger partial charge in [0.05, 0.1) is 12.8 Å². The maximum atomic E-state index is 5.59. The predicted octanol–water partition coefficient (Wildman–Crippen LogP) is -0.271. The zero-order valence-corrected chi connectivity index (χ0v) is 13.6. The minimum Gasteiger partial charge on any atom is -0.662 e. The van der Waals surface area contributed by atoms with Gasteiger partial charge in [-0.3, -0.25) is 0 Å². The Morgan fingerprint density at radius 1 is 1.47 bits per heavy atom. The Morgan fingerprint density at radius 2 is 2.35 bits per heavy atom. The van der Waals surface area contributed by atoms with Crippen molar-refractivity contribution in [2.24, 2.45) is 0 Å². The summed E-state index contributed by atoms with van der Waals surface area (Å²) in [6, 6.07) is 3.98. The molecule has 5 heteroatoms. The van der Waals surface area contributed by atoms with Crippen LogP contribution < -0.4 is 56.1 Å². The van der Waals surface area contributed by atoms with Crippen molar-refractivity contribution in [2.45, 2.75) is 13.3 Å². The van der Waals surface area contributed by atoms with Crippen molar-refractivity contribution in [3.8, 4) is 5.75 Å². The second-order valence-corrected chi connectivity index (χ2v) is 3.55. The van der Waals surface area contributed by atoms with E-state index in [2.05, 4.69) is 15.3 Å². The van der Waals surface area contributed by atoms with Gasteiger partial charge in [0.25, 0.3) is 0 Å². The van der Waals surface area contributed by atoms with Crippen LogP contribution in [-0.4, -0.2) is 29.7 Å². The summed E-state index contributed by atoms with van der Waals surface area (Å²) < 4.78 is 5.59. The second-order valence-electron chi connectivity index (χ2n) is 3.55. The van der Waals surface area contributed by atoms with Crippen LogP contribution in [-0.2, 0) is 0 Å². The van der Waals surface area contributed by atoms with Crippen LogP contribution in [0.1, 0.15) is 13.3 Å². The number of hydrogen-bond acceptors (Lipinski definition) is 2. The standard InChI is InChI=1S/C12H16N3O.K/c1-2-13-5-3-7-16-11-8-10-4-6-14-12(10)15-9-11;/h4,6,8-9H,2-3,5,7H2,1H3,(H,14,15);/q-1;+1. The molecular weight excluding hydrogens is 241 g/mol. The molecule has 0 saturated carbocycles. The molecule has 0 saturated heterocycles. The Bertz CT molecular complexity index is 444. The SMILES string of the molecule is CC[N-]CCCOc1cnc2[nH]ccc2c1.[K+]. The van der Waals surface area contributed by atoms with E-state index in [1.54, 1.807) is 6.20 Å². The molecule has 0 aromatic carbocycles. The number of H-pyrrole nitrogens is 1. The van der Waals surface area contributed by atoms with Crippen LogP contribution in [0.4, 0.5) is 0 Å². The number of pyridine rings is 1. The van der Waals surface area contributed by atoms with Gasteiger partial charge in [-0.2, -0.15) is 6.54 Å². The Morgan fingerprint density at radius 3 is 3.18 bits per heavy atom. The van der Waals surface area contributed by atoms with Crippen LogP contribution in [0.25, 0.3) is 16.4 Å². The average Bonchev–Trinajstić information content (AvgIpc) is 2.76. The smallest absolute Gasteiger partial charge is 0.662 e. The van der Waals surface area contributed by atoms with Gasteiger partial charge in [0.15, 0.2) is 0 Å². The molecule has 0 radical (unpaired) electrons. The number of ether oxygens (including phenoxy) is 1. The number of aromatic amines is 1. The third-order valence-electron chi connectivity index (χ3n) is 2.33. The van der Waals surface area contributed by atoms with Gasteiger partial charge < -0.3 is 15.0 Å². The third-order valence-corrected chi connectivity index (χ3v) is 2.33. The van der Waals surface area contributed by atoms with E-state index in [1.807, 2.05) is 25.3 Å². The molecule has 0 unspecified atom stereocenters. The Balaban J connectivity index is 0.00000144. The summed E-state index contributed by atoms with van der Waals surface area (Å²) in [5.74, 6) is 0.823. The van der Waals surface area contributed by atoms with Crippen LogP contribution in [0, 0.1) is 0 Å². The van der Waals surface area contributed by atoms with Gasteiger partial charge in [0.2, 0.25) is 0 Å². The van der Waals surface area contributed by atoms with Crippen molar-refractivity contribution in [1.82, 2.24) is 9.97 Å². The van der Waals surface area contributed by atoms with Crippen LogP contribution in [0.5, 0.6) is 5.75 Å². The maximum absolute atomic E-state index is 5.59.